The molecule has 3 heteroatoms. The second kappa shape index (κ2) is 4.68. The number of ether oxygens (including phenoxy) is 1. The average Bonchev–Trinajstić information content (AvgIpc) is 2.70. The van der Waals surface area contributed by atoms with Crippen molar-refractivity contribution in [1.82, 2.24) is 0 Å². The van der Waals surface area contributed by atoms with Gasteiger partial charge in [0.05, 0.1) is 5.60 Å². The van der Waals surface area contributed by atoms with Gasteiger partial charge in [0.2, 0.25) is 0 Å². The van der Waals surface area contributed by atoms with Crippen molar-refractivity contribution in [3.05, 3.63) is 29.8 Å². The first-order valence-corrected chi connectivity index (χ1v) is 6.78. The van der Waals surface area contributed by atoms with Gasteiger partial charge in [0.25, 0.3) is 0 Å². The molecule has 0 saturated carbocycles. The van der Waals surface area contributed by atoms with Crippen molar-refractivity contribution < 1.29 is 9.84 Å². The van der Waals surface area contributed by atoms with Crippen LogP contribution in [0.2, 0.25) is 0 Å². The van der Waals surface area contributed by atoms with Crippen LogP contribution in [0.1, 0.15) is 25.8 Å². The summed E-state index contributed by atoms with van der Waals surface area (Å²) in [5, 5.41) is 9.82. The summed E-state index contributed by atoms with van der Waals surface area (Å²) in [5.74, 6) is 3.19. The number of hydrogen-bond acceptors (Lipinski definition) is 3. The fourth-order valence-electron chi connectivity index (χ4n) is 1.74. The lowest BCUT2D eigenvalue weighted by atomic mass is 9.99. The maximum absolute atomic E-state index is 9.82. The summed E-state index contributed by atoms with van der Waals surface area (Å²) in [6.45, 7) is 3.58. The third-order valence-corrected chi connectivity index (χ3v) is 3.88. The zero-order valence-electron chi connectivity index (χ0n) is 9.77. The van der Waals surface area contributed by atoms with Gasteiger partial charge < -0.3 is 9.84 Å². The predicted octanol–water partition coefficient (Wildman–Crippen LogP) is 2.80. The van der Waals surface area contributed by atoms with E-state index in [0.717, 1.165) is 23.5 Å². The molecular weight excluding hydrogens is 220 g/mol. The summed E-state index contributed by atoms with van der Waals surface area (Å²) in [5.41, 5.74) is 0.141. The van der Waals surface area contributed by atoms with Gasteiger partial charge in [0.1, 0.15) is 11.9 Å². The molecule has 0 bridgehead atoms. The third-order valence-electron chi connectivity index (χ3n) is 2.75. The van der Waals surface area contributed by atoms with Crippen molar-refractivity contribution >= 4 is 11.8 Å². The van der Waals surface area contributed by atoms with Crippen molar-refractivity contribution in [3.63, 3.8) is 0 Å². The maximum atomic E-state index is 9.82. The number of aliphatic hydroxyl groups is 1. The summed E-state index contributed by atoms with van der Waals surface area (Å²) >= 11 is 1.94. The molecule has 1 aromatic carbocycles. The molecule has 1 aliphatic heterocycles. The molecule has 0 aromatic heterocycles. The fraction of sp³-hybridized carbons (Fsp3) is 0.538. The van der Waals surface area contributed by atoms with Crippen molar-refractivity contribution in [1.29, 1.82) is 0 Å². The third kappa shape index (κ3) is 2.92. The van der Waals surface area contributed by atoms with E-state index in [0.29, 0.717) is 6.10 Å². The second-order valence-electron chi connectivity index (χ2n) is 4.69. The van der Waals surface area contributed by atoms with Crippen molar-refractivity contribution in [3.8, 4) is 5.75 Å². The van der Waals surface area contributed by atoms with E-state index in [2.05, 4.69) is 0 Å². The summed E-state index contributed by atoms with van der Waals surface area (Å²) in [6.07, 6.45) is 1.50. The van der Waals surface area contributed by atoms with Gasteiger partial charge in [-0.15, -0.1) is 0 Å². The van der Waals surface area contributed by atoms with Crippen LogP contribution in [-0.4, -0.2) is 22.7 Å². The SMILES string of the molecule is CC(C)(O)c1ccc(OC2CCSC2)cc1. The smallest absolute Gasteiger partial charge is 0.119 e. The highest BCUT2D eigenvalue weighted by Crippen LogP contribution is 2.25. The first-order chi connectivity index (χ1) is 7.55. The highest BCUT2D eigenvalue weighted by atomic mass is 32.2. The van der Waals surface area contributed by atoms with Gasteiger partial charge in [-0.25, -0.2) is 0 Å². The maximum Gasteiger partial charge on any atom is 0.119 e. The Morgan fingerprint density at radius 2 is 2.00 bits per heavy atom. The van der Waals surface area contributed by atoms with Crippen LogP contribution in [0, 0.1) is 0 Å². The molecule has 0 spiro atoms. The molecule has 1 aromatic rings. The fourth-order valence-corrected chi connectivity index (χ4v) is 2.83. The van der Waals surface area contributed by atoms with E-state index in [1.165, 1.54) is 5.75 Å². The molecule has 2 rings (SSSR count). The summed E-state index contributed by atoms with van der Waals surface area (Å²) < 4.78 is 5.84. The minimum Gasteiger partial charge on any atom is -0.490 e. The van der Waals surface area contributed by atoms with Crippen molar-refractivity contribution in [2.24, 2.45) is 0 Å². The molecular formula is C13H18O2S. The molecule has 0 amide bonds. The van der Waals surface area contributed by atoms with Crippen molar-refractivity contribution in [2.45, 2.75) is 32.0 Å². The van der Waals surface area contributed by atoms with E-state index < -0.39 is 5.60 Å². The van der Waals surface area contributed by atoms with E-state index in [4.69, 9.17) is 4.74 Å². The van der Waals surface area contributed by atoms with Gasteiger partial charge in [0, 0.05) is 5.75 Å². The molecule has 1 fully saturated rings. The van der Waals surface area contributed by atoms with Gasteiger partial charge in [-0.1, -0.05) is 12.1 Å². The van der Waals surface area contributed by atoms with Gasteiger partial charge in [-0.05, 0) is 43.7 Å². The van der Waals surface area contributed by atoms with E-state index in [1.54, 1.807) is 13.8 Å². The quantitative estimate of drug-likeness (QED) is 0.878. The number of benzene rings is 1. The van der Waals surface area contributed by atoms with E-state index in [1.807, 2.05) is 36.0 Å². The highest BCUT2D eigenvalue weighted by Gasteiger charge is 2.18. The minimum absolute atomic E-state index is 0.359. The molecule has 1 atom stereocenters. The van der Waals surface area contributed by atoms with E-state index in [9.17, 15) is 5.11 Å². The molecule has 1 aliphatic rings. The first-order valence-electron chi connectivity index (χ1n) is 5.63. The van der Waals surface area contributed by atoms with Crippen LogP contribution in [0.4, 0.5) is 0 Å². The molecule has 16 heavy (non-hydrogen) atoms. The summed E-state index contributed by atoms with van der Waals surface area (Å²) in [4.78, 5) is 0. The van der Waals surface area contributed by atoms with Crippen LogP contribution in [0.15, 0.2) is 24.3 Å². The van der Waals surface area contributed by atoms with Gasteiger partial charge in [0.15, 0.2) is 0 Å². The lowest BCUT2D eigenvalue weighted by Crippen LogP contribution is -2.16. The Labute approximate surface area is 101 Å². The Balaban J connectivity index is 2.01. The van der Waals surface area contributed by atoms with Crippen LogP contribution in [0.5, 0.6) is 5.75 Å². The second-order valence-corrected chi connectivity index (χ2v) is 5.84. The molecule has 2 nitrogen and oxygen atoms in total. The highest BCUT2D eigenvalue weighted by molar-refractivity contribution is 7.99. The van der Waals surface area contributed by atoms with Gasteiger partial charge in [-0.3, -0.25) is 0 Å². The summed E-state index contributed by atoms with van der Waals surface area (Å²) in [6, 6.07) is 7.74. The van der Waals surface area contributed by atoms with Crippen LogP contribution in [-0.2, 0) is 5.60 Å². The Hall–Kier alpha value is -0.670. The zero-order chi connectivity index (χ0) is 11.6. The Morgan fingerprint density at radius 1 is 1.31 bits per heavy atom. The van der Waals surface area contributed by atoms with E-state index in [-0.39, 0.29) is 0 Å². The van der Waals surface area contributed by atoms with Crippen molar-refractivity contribution in [2.75, 3.05) is 11.5 Å². The Kier molecular flexibility index (Phi) is 3.45. The number of rotatable bonds is 3. The molecule has 0 aliphatic carbocycles. The van der Waals surface area contributed by atoms with E-state index >= 15 is 0 Å². The lowest BCUT2D eigenvalue weighted by Gasteiger charge is -2.18. The predicted molar refractivity (Wildman–Crippen MR) is 68.0 cm³/mol. The Morgan fingerprint density at radius 3 is 2.50 bits per heavy atom. The normalized spacial score (nSPS) is 21.1. The topological polar surface area (TPSA) is 29.5 Å². The molecule has 0 radical (unpaired) electrons. The van der Waals surface area contributed by atoms with Gasteiger partial charge >= 0.3 is 0 Å². The van der Waals surface area contributed by atoms with Gasteiger partial charge in [-0.2, -0.15) is 11.8 Å². The van der Waals surface area contributed by atoms with Crippen LogP contribution < -0.4 is 4.74 Å². The standard InChI is InChI=1S/C13H18O2S/c1-13(2,14)10-3-5-11(6-4-10)15-12-7-8-16-9-12/h3-6,12,14H,7-9H2,1-2H3. The lowest BCUT2D eigenvalue weighted by molar-refractivity contribution is 0.0785. The van der Waals surface area contributed by atoms with Crippen LogP contribution >= 0.6 is 11.8 Å². The largest absolute Gasteiger partial charge is 0.490 e. The van der Waals surface area contributed by atoms with Crippen LogP contribution in [0.3, 0.4) is 0 Å². The molecule has 1 heterocycles. The molecule has 1 unspecified atom stereocenters. The number of hydrogen-bond donors (Lipinski definition) is 1. The molecule has 1 N–H and O–H groups in total. The Bertz CT molecular complexity index is 334. The minimum atomic E-state index is -0.776. The zero-order valence-corrected chi connectivity index (χ0v) is 10.6. The van der Waals surface area contributed by atoms with Crippen LogP contribution in [0.25, 0.3) is 0 Å². The molecule has 1 saturated heterocycles. The number of thioether (sulfide) groups is 1. The monoisotopic (exact) mass is 238 g/mol. The first kappa shape index (κ1) is 11.8. The summed E-state index contributed by atoms with van der Waals surface area (Å²) in [7, 11) is 0. The average molecular weight is 238 g/mol. The molecule has 88 valence electrons.